The van der Waals surface area contributed by atoms with E-state index in [9.17, 15) is 14.4 Å². The summed E-state index contributed by atoms with van der Waals surface area (Å²) in [6.07, 6.45) is 2.52. The van der Waals surface area contributed by atoms with Gasteiger partial charge in [0.1, 0.15) is 18.3 Å². The van der Waals surface area contributed by atoms with E-state index in [2.05, 4.69) is 20.4 Å². The number of benzene rings is 1. The Morgan fingerprint density at radius 2 is 1.97 bits per heavy atom. The zero-order valence-electron chi connectivity index (χ0n) is 17.9. The Morgan fingerprint density at radius 1 is 1.22 bits per heavy atom. The molecule has 10 nitrogen and oxygen atoms in total. The van der Waals surface area contributed by atoms with Gasteiger partial charge < -0.3 is 19.8 Å². The lowest BCUT2D eigenvalue weighted by atomic mass is 10.1. The highest BCUT2D eigenvalue weighted by molar-refractivity contribution is 6.31. The minimum Gasteiger partial charge on any atom is -0.459 e. The predicted octanol–water partition coefficient (Wildman–Crippen LogP) is 3.23. The van der Waals surface area contributed by atoms with Crippen LogP contribution in [0.15, 0.2) is 30.9 Å². The maximum atomic E-state index is 12.5. The van der Waals surface area contributed by atoms with Crippen molar-refractivity contribution in [2.45, 2.75) is 33.8 Å². The number of nitrogens with one attached hydrogen (secondary N) is 2. The zero-order chi connectivity index (χ0) is 23.4. The molecule has 0 saturated heterocycles. The number of nitrogens with zero attached hydrogens (tertiary/aromatic N) is 3. The summed E-state index contributed by atoms with van der Waals surface area (Å²) in [5.74, 6) is -1.89. The Kier molecular flexibility index (Phi) is 6.94. The maximum absolute atomic E-state index is 12.5. The van der Waals surface area contributed by atoms with Crippen LogP contribution in [0, 0.1) is 13.8 Å². The summed E-state index contributed by atoms with van der Waals surface area (Å²) < 4.78 is 11.8. The number of H-pyrrole nitrogens is 1. The number of aryl methyl sites for hydroxylation is 1. The van der Waals surface area contributed by atoms with Gasteiger partial charge in [-0.1, -0.05) is 11.6 Å². The van der Waals surface area contributed by atoms with Crippen molar-refractivity contribution in [2.75, 3.05) is 11.9 Å². The Bertz CT molecular complexity index is 1150. The fourth-order valence-corrected chi connectivity index (χ4v) is 3.24. The molecule has 0 radical (unpaired) electrons. The molecule has 11 heteroatoms. The van der Waals surface area contributed by atoms with Crippen LogP contribution in [0.3, 0.4) is 0 Å². The predicted molar refractivity (Wildman–Crippen MR) is 116 cm³/mol. The highest BCUT2D eigenvalue weighted by Gasteiger charge is 2.25. The van der Waals surface area contributed by atoms with Gasteiger partial charge >= 0.3 is 11.9 Å². The number of aromatic nitrogens is 4. The lowest BCUT2D eigenvalue weighted by Crippen LogP contribution is -2.22. The van der Waals surface area contributed by atoms with Crippen molar-refractivity contribution in [2.24, 2.45) is 0 Å². The number of anilines is 1. The molecule has 32 heavy (non-hydrogen) atoms. The topological polar surface area (TPSA) is 128 Å². The first kappa shape index (κ1) is 23.0. The number of hydrogen-bond donors (Lipinski definition) is 2. The molecule has 0 fully saturated rings. The van der Waals surface area contributed by atoms with Gasteiger partial charge in [-0.05, 0) is 51.5 Å². The molecule has 168 valence electrons. The molecule has 3 aromatic rings. The number of halogens is 1. The van der Waals surface area contributed by atoms with Crippen LogP contribution < -0.4 is 5.32 Å². The fraction of sp³-hybridized carbons (Fsp3) is 0.286. The third-order valence-electron chi connectivity index (χ3n) is 4.42. The van der Waals surface area contributed by atoms with E-state index < -0.39 is 24.5 Å². The number of esters is 2. The van der Waals surface area contributed by atoms with E-state index >= 15 is 0 Å². The van der Waals surface area contributed by atoms with Gasteiger partial charge in [-0.15, -0.1) is 0 Å². The van der Waals surface area contributed by atoms with E-state index in [0.717, 1.165) is 0 Å². The van der Waals surface area contributed by atoms with Gasteiger partial charge in [-0.3, -0.25) is 4.79 Å². The van der Waals surface area contributed by atoms with Crippen LogP contribution >= 0.6 is 11.6 Å². The van der Waals surface area contributed by atoms with Crippen LogP contribution in [0.4, 0.5) is 5.69 Å². The normalized spacial score (nSPS) is 10.8. The van der Waals surface area contributed by atoms with Crippen LogP contribution in [-0.2, 0) is 14.3 Å². The molecule has 0 aliphatic heterocycles. The largest absolute Gasteiger partial charge is 0.459 e. The molecule has 1 aromatic carbocycles. The molecule has 0 unspecified atom stereocenters. The van der Waals surface area contributed by atoms with E-state index in [0.29, 0.717) is 27.7 Å². The Labute approximate surface area is 188 Å². The highest BCUT2D eigenvalue weighted by Crippen LogP contribution is 2.24. The summed E-state index contributed by atoms with van der Waals surface area (Å²) in [4.78, 5) is 43.9. The van der Waals surface area contributed by atoms with Gasteiger partial charge in [0.2, 0.25) is 0 Å². The van der Waals surface area contributed by atoms with Crippen molar-refractivity contribution in [3.8, 4) is 5.69 Å². The van der Waals surface area contributed by atoms with Crippen LogP contribution in [-0.4, -0.2) is 50.3 Å². The van der Waals surface area contributed by atoms with E-state index in [1.54, 1.807) is 45.9 Å². The Hall–Kier alpha value is -3.66. The molecule has 0 aliphatic rings. The van der Waals surface area contributed by atoms with Gasteiger partial charge in [0.05, 0.1) is 23.0 Å². The van der Waals surface area contributed by atoms with Gasteiger partial charge in [-0.25, -0.2) is 19.3 Å². The van der Waals surface area contributed by atoms with Crippen molar-refractivity contribution < 1.29 is 23.9 Å². The molecule has 2 aromatic heterocycles. The van der Waals surface area contributed by atoms with Crippen LogP contribution in [0.25, 0.3) is 5.69 Å². The molecule has 2 N–H and O–H groups in total. The van der Waals surface area contributed by atoms with Gasteiger partial charge in [-0.2, -0.15) is 5.10 Å². The van der Waals surface area contributed by atoms with Gasteiger partial charge in [0.25, 0.3) is 5.91 Å². The van der Waals surface area contributed by atoms with Gasteiger partial charge in [0, 0.05) is 10.7 Å². The first-order valence-corrected chi connectivity index (χ1v) is 10.1. The number of ether oxygens (including phenoxy) is 2. The molecule has 0 spiro atoms. The molecular weight excluding hydrogens is 438 g/mol. The number of rotatable bonds is 7. The van der Waals surface area contributed by atoms with Crippen LogP contribution in [0.2, 0.25) is 5.02 Å². The van der Waals surface area contributed by atoms with E-state index in [-0.39, 0.29) is 17.4 Å². The lowest BCUT2D eigenvalue weighted by molar-refractivity contribution is -0.119. The van der Waals surface area contributed by atoms with E-state index in [1.165, 1.54) is 17.3 Å². The van der Waals surface area contributed by atoms with Crippen molar-refractivity contribution in [1.82, 2.24) is 19.7 Å². The van der Waals surface area contributed by atoms with E-state index in [1.807, 2.05) is 0 Å². The third kappa shape index (κ3) is 5.14. The summed E-state index contributed by atoms with van der Waals surface area (Å²) in [5.41, 5.74) is 2.12. The lowest BCUT2D eigenvalue weighted by Gasteiger charge is -2.11. The average Bonchev–Trinajstić information content (AvgIpc) is 3.33. The molecular formula is C21H22ClN5O5. The van der Waals surface area contributed by atoms with E-state index in [4.69, 9.17) is 21.1 Å². The summed E-state index contributed by atoms with van der Waals surface area (Å²) >= 11 is 6.04. The van der Waals surface area contributed by atoms with Crippen molar-refractivity contribution in [1.29, 1.82) is 0 Å². The maximum Gasteiger partial charge on any atom is 0.355 e. The Balaban J connectivity index is 1.68. The molecule has 0 atom stereocenters. The number of amides is 1. The minimum atomic E-state index is -0.771. The fourth-order valence-electron chi connectivity index (χ4n) is 3.06. The molecule has 0 aliphatic carbocycles. The number of hydrogen-bond acceptors (Lipinski definition) is 7. The quantitative estimate of drug-likeness (QED) is 0.519. The summed E-state index contributed by atoms with van der Waals surface area (Å²) in [6.45, 7) is 6.17. The summed E-state index contributed by atoms with van der Waals surface area (Å²) in [7, 11) is 0. The average molecular weight is 460 g/mol. The zero-order valence-corrected chi connectivity index (χ0v) is 18.7. The molecule has 3 rings (SSSR count). The monoisotopic (exact) mass is 459 g/mol. The second-order valence-electron chi connectivity index (χ2n) is 7.20. The second-order valence-corrected chi connectivity index (χ2v) is 7.64. The summed E-state index contributed by atoms with van der Waals surface area (Å²) in [5, 5.41) is 7.08. The Morgan fingerprint density at radius 3 is 2.62 bits per heavy atom. The standard InChI is InChI=1S/C21H22ClN5O5/c1-11(2)32-20(29)18-12(3)19(25-13(18)4)21(30)31-8-17(28)26-15-7-14(22)5-6-16(15)27-10-23-9-24-27/h5-7,9-11,25H,8H2,1-4H3,(H,26,28). The van der Waals surface area contributed by atoms with Gasteiger partial charge in [0.15, 0.2) is 6.61 Å². The highest BCUT2D eigenvalue weighted by atomic mass is 35.5. The second kappa shape index (κ2) is 9.65. The molecule has 2 heterocycles. The van der Waals surface area contributed by atoms with Crippen molar-refractivity contribution in [3.05, 3.63) is 58.4 Å². The smallest absolute Gasteiger partial charge is 0.355 e. The number of aromatic amines is 1. The van der Waals surface area contributed by atoms with Crippen molar-refractivity contribution in [3.63, 3.8) is 0 Å². The molecule has 0 bridgehead atoms. The molecule has 0 saturated carbocycles. The first-order valence-electron chi connectivity index (χ1n) is 9.69. The SMILES string of the molecule is Cc1[nH]c(C(=O)OCC(=O)Nc2cc(Cl)ccc2-n2cncn2)c(C)c1C(=O)OC(C)C. The number of carbonyl (C=O) groups is 3. The first-order chi connectivity index (χ1) is 15.2. The van der Waals surface area contributed by atoms with Crippen LogP contribution in [0.1, 0.15) is 46.0 Å². The molecule has 1 amide bonds. The summed E-state index contributed by atoms with van der Waals surface area (Å²) in [6, 6.07) is 4.86. The third-order valence-corrected chi connectivity index (χ3v) is 4.66. The van der Waals surface area contributed by atoms with Crippen molar-refractivity contribution >= 4 is 35.1 Å². The number of carbonyl (C=O) groups excluding carboxylic acids is 3. The minimum absolute atomic E-state index is 0.0806. The van der Waals surface area contributed by atoms with Crippen LogP contribution in [0.5, 0.6) is 0 Å².